The summed E-state index contributed by atoms with van der Waals surface area (Å²) in [5, 5.41) is 11.7. The van der Waals surface area contributed by atoms with Gasteiger partial charge in [0.1, 0.15) is 17.6 Å². The minimum Gasteiger partial charge on any atom is -0.496 e. The molecule has 3 aromatic carbocycles. The standard InChI is InChI=1S/C38H47FN8O2/c1-4-5-8-21-47-35-11-7-6-10-33(35)41-38(47)46-20-9-19-45(23-24-46)22-18-30(28-12-15-31(39)16-13-28)27-44(2)37(48)32-25-29(14-17-36(32)49-3)34-26-40-43-42-34/h6-7,10-17,25-26,30,34H,4-5,8-9,18-24,27H2,1-3H3. The van der Waals surface area contributed by atoms with Crippen molar-refractivity contribution in [3.05, 3.63) is 89.2 Å². The van der Waals surface area contributed by atoms with E-state index in [2.05, 4.69) is 61.0 Å². The smallest absolute Gasteiger partial charge is 0.257 e. The Labute approximate surface area is 288 Å². The number of amides is 1. The van der Waals surface area contributed by atoms with E-state index >= 15 is 0 Å². The molecule has 10 nitrogen and oxygen atoms in total. The van der Waals surface area contributed by atoms with Crippen LogP contribution in [0.4, 0.5) is 10.3 Å². The van der Waals surface area contributed by atoms with Crippen molar-refractivity contribution in [2.24, 2.45) is 15.4 Å². The van der Waals surface area contributed by atoms with Crippen molar-refractivity contribution in [3.8, 4) is 5.75 Å². The number of hydrogen-bond acceptors (Lipinski definition) is 8. The third-order valence-electron chi connectivity index (χ3n) is 9.70. The summed E-state index contributed by atoms with van der Waals surface area (Å²) in [7, 11) is 3.38. The zero-order valence-corrected chi connectivity index (χ0v) is 28.8. The average molecular weight is 667 g/mol. The van der Waals surface area contributed by atoms with Gasteiger partial charge in [0, 0.05) is 45.7 Å². The second-order valence-electron chi connectivity index (χ2n) is 13.0. The highest BCUT2D eigenvalue weighted by molar-refractivity contribution is 5.97. The second kappa shape index (κ2) is 16.2. The van der Waals surface area contributed by atoms with Crippen molar-refractivity contribution >= 4 is 29.1 Å². The minimum atomic E-state index is -0.320. The quantitative estimate of drug-likeness (QED) is 0.132. The SMILES string of the molecule is CCCCCn1c(N2CCCN(CCC(CN(C)C(=O)c3cc(C4C=NN=N4)ccc3OC)c3ccc(F)cc3)CC2)nc2ccccc21. The molecule has 6 rings (SSSR count). The number of carbonyl (C=O) groups is 1. The average Bonchev–Trinajstić information content (AvgIpc) is 3.73. The Bertz CT molecular complexity index is 1760. The number of anilines is 1. The van der Waals surface area contributed by atoms with Crippen LogP contribution in [0, 0.1) is 5.82 Å². The fourth-order valence-electron chi connectivity index (χ4n) is 6.93. The maximum absolute atomic E-state index is 14.0. The number of nitrogens with zero attached hydrogens (tertiary/aromatic N) is 8. The van der Waals surface area contributed by atoms with Crippen LogP contribution < -0.4 is 9.64 Å². The molecule has 49 heavy (non-hydrogen) atoms. The Balaban J connectivity index is 1.14. The molecule has 1 saturated heterocycles. The van der Waals surface area contributed by atoms with Gasteiger partial charge >= 0.3 is 0 Å². The lowest BCUT2D eigenvalue weighted by Gasteiger charge is -2.28. The molecule has 2 aliphatic heterocycles. The van der Waals surface area contributed by atoms with Crippen molar-refractivity contribution in [1.82, 2.24) is 19.4 Å². The molecule has 258 valence electrons. The van der Waals surface area contributed by atoms with Gasteiger partial charge in [-0.3, -0.25) is 4.79 Å². The fraction of sp³-hybridized carbons (Fsp3) is 0.447. The maximum atomic E-state index is 14.0. The van der Waals surface area contributed by atoms with Gasteiger partial charge in [-0.2, -0.15) is 5.11 Å². The van der Waals surface area contributed by atoms with E-state index in [-0.39, 0.29) is 23.7 Å². The number of unbranched alkanes of at least 4 members (excludes halogenated alkanes) is 2. The van der Waals surface area contributed by atoms with Crippen molar-refractivity contribution in [1.29, 1.82) is 0 Å². The highest BCUT2D eigenvalue weighted by atomic mass is 19.1. The number of benzene rings is 3. The summed E-state index contributed by atoms with van der Waals surface area (Å²) >= 11 is 0. The number of carbonyl (C=O) groups excluding carboxylic acids is 1. The predicted molar refractivity (Wildman–Crippen MR) is 192 cm³/mol. The molecule has 1 fully saturated rings. The van der Waals surface area contributed by atoms with Crippen LogP contribution in [0.25, 0.3) is 11.0 Å². The Morgan fingerprint density at radius 1 is 1.02 bits per heavy atom. The Morgan fingerprint density at radius 2 is 1.86 bits per heavy atom. The van der Waals surface area contributed by atoms with Gasteiger partial charge in [0.25, 0.3) is 5.91 Å². The van der Waals surface area contributed by atoms with Crippen molar-refractivity contribution in [2.45, 2.75) is 57.5 Å². The lowest BCUT2D eigenvalue weighted by molar-refractivity contribution is 0.0779. The van der Waals surface area contributed by atoms with Crippen molar-refractivity contribution < 1.29 is 13.9 Å². The Morgan fingerprint density at radius 3 is 2.63 bits per heavy atom. The van der Waals surface area contributed by atoms with Crippen LogP contribution in [-0.4, -0.2) is 84.9 Å². The number of halogens is 1. The van der Waals surface area contributed by atoms with Crippen LogP contribution in [0.3, 0.4) is 0 Å². The first-order valence-corrected chi connectivity index (χ1v) is 17.5. The molecule has 3 heterocycles. The van der Waals surface area contributed by atoms with E-state index < -0.39 is 0 Å². The number of para-hydroxylation sites is 2. The molecule has 0 bridgehead atoms. The third-order valence-corrected chi connectivity index (χ3v) is 9.70. The molecule has 11 heteroatoms. The first-order chi connectivity index (χ1) is 23.9. The third kappa shape index (κ3) is 8.16. The van der Waals surface area contributed by atoms with Gasteiger partial charge in [0.2, 0.25) is 5.95 Å². The van der Waals surface area contributed by atoms with E-state index in [1.54, 1.807) is 24.3 Å². The highest BCUT2D eigenvalue weighted by Crippen LogP contribution is 2.30. The predicted octanol–water partition coefficient (Wildman–Crippen LogP) is 7.33. The maximum Gasteiger partial charge on any atom is 0.257 e. The van der Waals surface area contributed by atoms with E-state index in [9.17, 15) is 9.18 Å². The summed E-state index contributed by atoms with van der Waals surface area (Å²) in [6.45, 7) is 8.34. The highest BCUT2D eigenvalue weighted by Gasteiger charge is 2.25. The van der Waals surface area contributed by atoms with Gasteiger partial charge in [-0.1, -0.05) is 50.1 Å². The van der Waals surface area contributed by atoms with E-state index in [0.717, 1.165) is 81.1 Å². The first-order valence-electron chi connectivity index (χ1n) is 17.5. The number of rotatable bonds is 14. The molecule has 0 N–H and O–H groups in total. The van der Waals surface area contributed by atoms with E-state index in [0.29, 0.717) is 17.9 Å². The van der Waals surface area contributed by atoms with Gasteiger partial charge < -0.3 is 24.0 Å². The molecular formula is C38H47FN8O2. The summed E-state index contributed by atoms with van der Waals surface area (Å²) in [6, 6.07) is 20.3. The topological polar surface area (TPSA) is 90.9 Å². The lowest BCUT2D eigenvalue weighted by atomic mass is 9.94. The minimum absolute atomic E-state index is 0.0154. The number of hydrogen-bond donors (Lipinski definition) is 0. The van der Waals surface area contributed by atoms with Crippen LogP contribution in [0.1, 0.15) is 72.5 Å². The summed E-state index contributed by atoms with van der Waals surface area (Å²) < 4.78 is 22.0. The molecule has 0 spiro atoms. The van der Waals surface area contributed by atoms with Crippen molar-refractivity contribution in [2.75, 3.05) is 58.3 Å². The molecular weight excluding hydrogens is 619 g/mol. The Hall–Kier alpha value is -4.64. The van der Waals surface area contributed by atoms with Crippen LogP contribution in [0.15, 0.2) is 82.2 Å². The zero-order valence-electron chi connectivity index (χ0n) is 28.8. The largest absolute Gasteiger partial charge is 0.496 e. The molecule has 1 amide bonds. The van der Waals surface area contributed by atoms with Gasteiger partial charge in [-0.05, 0) is 85.1 Å². The first kappa shape index (κ1) is 34.2. The normalized spacial score (nSPS) is 17.1. The molecule has 0 radical (unpaired) electrons. The second-order valence-corrected chi connectivity index (χ2v) is 13.0. The summed E-state index contributed by atoms with van der Waals surface area (Å²) in [5.74, 6) is 1.17. The number of methoxy groups -OCH3 is 1. The fourth-order valence-corrected chi connectivity index (χ4v) is 6.93. The summed E-state index contributed by atoms with van der Waals surface area (Å²) in [4.78, 5) is 25.7. The summed E-state index contributed by atoms with van der Waals surface area (Å²) in [6.07, 6.45) is 7.06. The zero-order chi connectivity index (χ0) is 34.2. The number of likely N-dealkylation sites (N-methyl/N-ethyl adjacent to an activating group) is 1. The van der Waals surface area contributed by atoms with E-state index in [1.165, 1.54) is 30.5 Å². The number of fused-ring (bicyclic) bond motifs is 1. The molecule has 2 unspecified atom stereocenters. The van der Waals surface area contributed by atoms with E-state index in [1.807, 2.05) is 31.3 Å². The van der Waals surface area contributed by atoms with Gasteiger partial charge in [0.05, 0.1) is 29.9 Å². The Kier molecular flexibility index (Phi) is 11.3. The molecule has 2 aliphatic rings. The van der Waals surface area contributed by atoms with Crippen LogP contribution in [0.2, 0.25) is 0 Å². The van der Waals surface area contributed by atoms with Gasteiger partial charge in [0.15, 0.2) is 0 Å². The molecule has 1 aromatic heterocycles. The molecule has 0 aliphatic carbocycles. The number of aryl methyl sites for hydroxylation is 1. The number of aromatic nitrogens is 2. The van der Waals surface area contributed by atoms with Crippen LogP contribution >= 0.6 is 0 Å². The van der Waals surface area contributed by atoms with Gasteiger partial charge in [-0.15, -0.1) is 5.10 Å². The van der Waals surface area contributed by atoms with Crippen LogP contribution in [-0.2, 0) is 6.54 Å². The number of imidazole rings is 1. The lowest BCUT2D eigenvalue weighted by Crippen LogP contribution is -2.35. The number of ether oxygens (including phenoxy) is 1. The summed E-state index contributed by atoms with van der Waals surface area (Å²) in [5.41, 5.74) is 4.56. The monoisotopic (exact) mass is 666 g/mol. The molecule has 2 atom stereocenters. The van der Waals surface area contributed by atoms with Crippen LogP contribution in [0.5, 0.6) is 5.75 Å². The van der Waals surface area contributed by atoms with Crippen molar-refractivity contribution in [3.63, 3.8) is 0 Å². The molecule has 0 saturated carbocycles. The van der Waals surface area contributed by atoms with E-state index in [4.69, 9.17) is 9.72 Å². The molecule has 4 aromatic rings. The van der Waals surface area contributed by atoms with Gasteiger partial charge in [-0.25, -0.2) is 9.37 Å².